The second-order valence-electron chi connectivity index (χ2n) is 6.61. The largest absolute Gasteiger partial charge is 0.491 e. The molecule has 0 radical (unpaired) electrons. The molecule has 1 aliphatic heterocycles. The number of piperazine rings is 1. The van der Waals surface area contributed by atoms with Crippen molar-refractivity contribution in [2.24, 2.45) is 0 Å². The summed E-state index contributed by atoms with van der Waals surface area (Å²) < 4.78 is 6.01. The van der Waals surface area contributed by atoms with Gasteiger partial charge in [-0.05, 0) is 31.9 Å². The Morgan fingerprint density at radius 2 is 1.96 bits per heavy atom. The van der Waals surface area contributed by atoms with Crippen molar-refractivity contribution < 1.29 is 4.74 Å². The van der Waals surface area contributed by atoms with E-state index in [2.05, 4.69) is 52.9 Å². The molecule has 1 fully saturated rings. The molecule has 0 spiro atoms. The van der Waals surface area contributed by atoms with E-state index in [-0.39, 0.29) is 0 Å². The zero-order valence-corrected chi connectivity index (χ0v) is 16.2. The van der Waals surface area contributed by atoms with Gasteiger partial charge in [-0.25, -0.2) is 4.98 Å². The second-order valence-corrected chi connectivity index (χ2v) is 7.55. The van der Waals surface area contributed by atoms with Gasteiger partial charge in [-0.3, -0.25) is 4.90 Å². The fourth-order valence-electron chi connectivity index (χ4n) is 3.21. The van der Waals surface area contributed by atoms with Gasteiger partial charge in [0.05, 0.1) is 23.5 Å². The molecule has 1 aromatic heterocycles. The van der Waals surface area contributed by atoms with E-state index in [1.54, 1.807) is 11.3 Å². The second kappa shape index (κ2) is 9.20. The molecule has 1 aromatic carbocycles. The number of hydrogen-bond donors (Lipinski definition) is 0. The first-order valence-corrected chi connectivity index (χ1v) is 10.2. The lowest BCUT2D eigenvalue weighted by atomic mass is 10.2. The third kappa shape index (κ3) is 4.95. The van der Waals surface area contributed by atoms with Crippen molar-refractivity contribution in [3.05, 3.63) is 40.3 Å². The van der Waals surface area contributed by atoms with Crippen LogP contribution in [0.2, 0.25) is 0 Å². The molecule has 0 unspecified atom stereocenters. The van der Waals surface area contributed by atoms with Crippen LogP contribution in [0.25, 0.3) is 0 Å². The SMILES string of the molecule is CCCCOc1ccccc1N1CCN(CCc2scnc2C)CC1. The van der Waals surface area contributed by atoms with E-state index in [4.69, 9.17) is 4.74 Å². The van der Waals surface area contributed by atoms with Crippen LogP contribution in [0.1, 0.15) is 30.3 Å². The van der Waals surface area contributed by atoms with Gasteiger partial charge in [0.1, 0.15) is 5.75 Å². The number of aryl methyl sites for hydroxylation is 1. The molecule has 0 bridgehead atoms. The number of nitrogens with zero attached hydrogens (tertiary/aromatic N) is 3. The minimum atomic E-state index is 0.807. The molecule has 3 rings (SSSR count). The summed E-state index contributed by atoms with van der Waals surface area (Å²) in [6.07, 6.45) is 3.40. The Morgan fingerprint density at radius 1 is 1.16 bits per heavy atom. The standard InChI is InChI=1S/C20H29N3OS/c1-3-4-15-24-19-8-6-5-7-18(19)23-13-11-22(12-14-23)10-9-20-17(2)21-16-25-20/h5-8,16H,3-4,9-15H2,1-2H3. The lowest BCUT2D eigenvalue weighted by Gasteiger charge is -2.36. The summed E-state index contributed by atoms with van der Waals surface area (Å²) >= 11 is 1.78. The first-order chi connectivity index (χ1) is 12.3. The van der Waals surface area contributed by atoms with Crippen LogP contribution in [0.5, 0.6) is 5.75 Å². The van der Waals surface area contributed by atoms with Gasteiger partial charge >= 0.3 is 0 Å². The quantitative estimate of drug-likeness (QED) is 0.666. The lowest BCUT2D eigenvalue weighted by molar-refractivity contribution is 0.259. The van der Waals surface area contributed by atoms with Gasteiger partial charge in [0.15, 0.2) is 0 Å². The number of benzene rings is 1. The number of para-hydroxylation sites is 2. The highest BCUT2D eigenvalue weighted by atomic mass is 32.1. The summed E-state index contributed by atoms with van der Waals surface area (Å²) in [5.41, 5.74) is 4.40. The first-order valence-electron chi connectivity index (χ1n) is 9.36. The van der Waals surface area contributed by atoms with Gasteiger partial charge < -0.3 is 9.64 Å². The molecule has 25 heavy (non-hydrogen) atoms. The first kappa shape index (κ1) is 18.2. The summed E-state index contributed by atoms with van der Waals surface area (Å²) in [6.45, 7) is 10.6. The van der Waals surface area contributed by atoms with Crippen molar-refractivity contribution >= 4 is 17.0 Å². The van der Waals surface area contributed by atoms with E-state index < -0.39 is 0 Å². The van der Waals surface area contributed by atoms with Crippen LogP contribution < -0.4 is 9.64 Å². The molecule has 0 aliphatic carbocycles. The molecule has 0 atom stereocenters. The number of hydrogen-bond acceptors (Lipinski definition) is 5. The van der Waals surface area contributed by atoms with Gasteiger partial charge in [0.25, 0.3) is 0 Å². The number of aromatic nitrogens is 1. The Hall–Kier alpha value is -1.59. The molecule has 0 N–H and O–H groups in total. The lowest BCUT2D eigenvalue weighted by Crippen LogP contribution is -2.47. The molecule has 2 aromatic rings. The Morgan fingerprint density at radius 3 is 2.68 bits per heavy atom. The molecule has 2 heterocycles. The molecule has 5 heteroatoms. The molecular weight excluding hydrogens is 330 g/mol. The highest BCUT2D eigenvalue weighted by Crippen LogP contribution is 2.29. The maximum atomic E-state index is 6.01. The van der Waals surface area contributed by atoms with E-state index in [1.165, 1.54) is 22.7 Å². The van der Waals surface area contributed by atoms with Gasteiger partial charge in [-0.1, -0.05) is 25.5 Å². The molecule has 0 amide bonds. The Labute approximate surface area is 155 Å². The highest BCUT2D eigenvalue weighted by molar-refractivity contribution is 7.09. The van der Waals surface area contributed by atoms with Crippen molar-refractivity contribution in [2.45, 2.75) is 33.1 Å². The van der Waals surface area contributed by atoms with Crippen molar-refractivity contribution in [3.8, 4) is 5.75 Å². The van der Waals surface area contributed by atoms with Gasteiger partial charge in [-0.15, -0.1) is 11.3 Å². The maximum Gasteiger partial charge on any atom is 0.142 e. The van der Waals surface area contributed by atoms with Crippen LogP contribution in [-0.2, 0) is 6.42 Å². The summed E-state index contributed by atoms with van der Waals surface area (Å²) in [4.78, 5) is 10.8. The van der Waals surface area contributed by atoms with E-state index in [0.29, 0.717) is 0 Å². The molecule has 4 nitrogen and oxygen atoms in total. The Kier molecular flexibility index (Phi) is 6.70. The van der Waals surface area contributed by atoms with E-state index in [9.17, 15) is 0 Å². The van der Waals surface area contributed by atoms with Crippen LogP contribution in [0.3, 0.4) is 0 Å². The fraction of sp³-hybridized carbons (Fsp3) is 0.550. The average molecular weight is 360 g/mol. The van der Waals surface area contributed by atoms with E-state index in [1.807, 2.05) is 5.51 Å². The number of unbranched alkanes of at least 4 members (excludes halogenated alkanes) is 1. The number of ether oxygens (including phenoxy) is 1. The zero-order chi connectivity index (χ0) is 17.5. The predicted octanol–water partition coefficient (Wildman–Crippen LogP) is 4.00. The summed E-state index contributed by atoms with van der Waals surface area (Å²) in [7, 11) is 0. The minimum Gasteiger partial charge on any atom is -0.491 e. The molecule has 136 valence electrons. The molecule has 0 saturated carbocycles. The van der Waals surface area contributed by atoms with Crippen LogP contribution in [0.4, 0.5) is 5.69 Å². The Bertz CT molecular complexity index is 650. The van der Waals surface area contributed by atoms with Crippen LogP contribution >= 0.6 is 11.3 Å². The topological polar surface area (TPSA) is 28.6 Å². The number of thiazole rings is 1. The smallest absolute Gasteiger partial charge is 0.142 e. The highest BCUT2D eigenvalue weighted by Gasteiger charge is 2.19. The van der Waals surface area contributed by atoms with Crippen LogP contribution in [0, 0.1) is 6.92 Å². The maximum absolute atomic E-state index is 6.01. The average Bonchev–Trinajstić information content (AvgIpc) is 3.06. The molecular formula is C20H29N3OS. The number of rotatable bonds is 8. The summed E-state index contributed by atoms with van der Waals surface area (Å²) in [6, 6.07) is 8.47. The van der Waals surface area contributed by atoms with Crippen LogP contribution in [0.15, 0.2) is 29.8 Å². The zero-order valence-electron chi connectivity index (χ0n) is 15.4. The molecule has 1 saturated heterocycles. The van der Waals surface area contributed by atoms with Gasteiger partial charge in [0, 0.05) is 37.6 Å². The van der Waals surface area contributed by atoms with Crippen molar-refractivity contribution in [2.75, 3.05) is 44.2 Å². The predicted molar refractivity (Wildman–Crippen MR) is 106 cm³/mol. The van der Waals surface area contributed by atoms with E-state index in [0.717, 1.165) is 57.9 Å². The van der Waals surface area contributed by atoms with Gasteiger partial charge in [0.2, 0.25) is 0 Å². The fourth-order valence-corrected chi connectivity index (χ4v) is 3.98. The summed E-state index contributed by atoms with van der Waals surface area (Å²) in [5.74, 6) is 1.03. The normalized spacial score (nSPS) is 15.5. The number of anilines is 1. The van der Waals surface area contributed by atoms with Gasteiger partial charge in [-0.2, -0.15) is 0 Å². The third-order valence-corrected chi connectivity index (χ3v) is 5.83. The third-order valence-electron chi connectivity index (χ3n) is 4.83. The van der Waals surface area contributed by atoms with Crippen molar-refractivity contribution in [1.29, 1.82) is 0 Å². The van der Waals surface area contributed by atoms with E-state index >= 15 is 0 Å². The Balaban J connectivity index is 1.51. The van der Waals surface area contributed by atoms with Crippen LogP contribution in [-0.4, -0.2) is 49.2 Å². The van der Waals surface area contributed by atoms with Crippen molar-refractivity contribution in [1.82, 2.24) is 9.88 Å². The molecule has 1 aliphatic rings. The summed E-state index contributed by atoms with van der Waals surface area (Å²) in [5, 5.41) is 0. The minimum absolute atomic E-state index is 0.807. The monoisotopic (exact) mass is 359 g/mol. The van der Waals surface area contributed by atoms with Crippen molar-refractivity contribution in [3.63, 3.8) is 0 Å².